The number of nitrogens with zero attached hydrogens (tertiary/aromatic N) is 2. The molecule has 1 atom stereocenters. The number of likely N-dealkylation sites (tertiary alicyclic amines) is 1. The number of aromatic nitrogens is 1. The Bertz CT molecular complexity index is 1280. The predicted molar refractivity (Wildman–Crippen MR) is 142 cm³/mol. The minimum atomic E-state index is -3.91. The highest BCUT2D eigenvalue weighted by atomic mass is 32.2. The zero-order valence-corrected chi connectivity index (χ0v) is 21.6. The third kappa shape index (κ3) is 6.53. The van der Waals surface area contributed by atoms with Crippen molar-refractivity contribution in [1.82, 2.24) is 14.6 Å². The summed E-state index contributed by atoms with van der Waals surface area (Å²) in [6.07, 6.45) is 4.56. The van der Waals surface area contributed by atoms with E-state index in [9.17, 15) is 13.2 Å². The molecule has 2 aromatic carbocycles. The van der Waals surface area contributed by atoms with Crippen molar-refractivity contribution >= 4 is 32.5 Å². The highest BCUT2D eigenvalue weighted by Gasteiger charge is 2.30. The molecule has 1 aliphatic heterocycles. The Morgan fingerprint density at radius 2 is 1.86 bits per heavy atom. The molecule has 0 bridgehead atoms. The molecule has 1 saturated heterocycles. The highest BCUT2D eigenvalue weighted by Crippen LogP contribution is 2.24. The molecule has 0 radical (unpaired) electrons. The second kappa shape index (κ2) is 11.7. The number of anilines is 1. The lowest BCUT2D eigenvalue weighted by atomic mass is 9.98. The Morgan fingerprint density at radius 1 is 1.11 bits per heavy atom. The summed E-state index contributed by atoms with van der Waals surface area (Å²) in [7, 11) is -2.32. The van der Waals surface area contributed by atoms with Crippen LogP contribution in [0.1, 0.15) is 32.6 Å². The fourth-order valence-corrected chi connectivity index (χ4v) is 5.68. The van der Waals surface area contributed by atoms with Gasteiger partial charge in [0.15, 0.2) is 0 Å². The van der Waals surface area contributed by atoms with Gasteiger partial charge in [0.1, 0.15) is 17.6 Å². The number of carbonyl (C=O) groups excluding carboxylic acids is 1. The maximum Gasteiger partial charge on any atom is 0.241 e. The van der Waals surface area contributed by atoms with Crippen molar-refractivity contribution in [2.75, 3.05) is 32.1 Å². The number of hydrogen-bond acceptors (Lipinski definition) is 6. The van der Waals surface area contributed by atoms with Gasteiger partial charge in [-0.25, -0.2) is 13.4 Å². The van der Waals surface area contributed by atoms with Crippen molar-refractivity contribution in [3.05, 3.63) is 60.8 Å². The molecule has 0 saturated carbocycles. The van der Waals surface area contributed by atoms with E-state index in [2.05, 4.69) is 21.9 Å². The molecule has 2 heterocycles. The van der Waals surface area contributed by atoms with Crippen LogP contribution in [-0.4, -0.2) is 57.0 Å². The number of sulfonamides is 1. The molecule has 2 N–H and O–H groups in total. The van der Waals surface area contributed by atoms with Crippen molar-refractivity contribution in [3.8, 4) is 5.75 Å². The minimum absolute atomic E-state index is 0.136. The van der Waals surface area contributed by atoms with E-state index in [-0.39, 0.29) is 10.8 Å². The number of ether oxygens (including phenoxy) is 1. The normalized spacial score (nSPS) is 15.6. The molecule has 0 aliphatic carbocycles. The van der Waals surface area contributed by atoms with Crippen LogP contribution >= 0.6 is 0 Å². The Kier molecular flexibility index (Phi) is 8.43. The van der Waals surface area contributed by atoms with Crippen molar-refractivity contribution in [1.29, 1.82) is 0 Å². The van der Waals surface area contributed by atoms with E-state index in [0.29, 0.717) is 44.1 Å². The molecule has 1 amide bonds. The zero-order valence-electron chi connectivity index (χ0n) is 20.8. The van der Waals surface area contributed by atoms with Gasteiger partial charge in [-0.1, -0.05) is 25.1 Å². The van der Waals surface area contributed by atoms with E-state index >= 15 is 0 Å². The first-order valence-corrected chi connectivity index (χ1v) is 13.9. The highest BCUT2D eigenvalue weighted by molar-refractivity contribution is 7.89. The largest absolute Gasteiger partial charge is 0.497 e. The predicted octanol–water partition coefficient (Wildman–Crippen LogP) is 4.04. The standard InChI is InChI=1S/C27H34N4O4S/c1-20-12-16-31(17-13-20)27(32)25(6-5-15-29-26-7-3-4-14-28-26)30-36(33,34)24-11-9-21-18-23(35-2)10-8-22(21)19-24/h3-4,7-11,14,18-20,25,30H,5-6,12-13,15-17H2,1-2H3,(H,28,29)/t25-/m0/s1. The third-order valence-corrected chi connectivity index (χ3v) is 8.13. The quantitative estimate of drug-likeness (QED) is 0.399. The van der Waals surface area contributed by atoms with Gasteiger partial charge >= 0.3 is 0 Å². The van der Waals surface area contributed by atoms with Gasteiger partial charge in [0.05, 0.1) is 12.0 Å². The topological polar surface area (TPSA) is 101 Å². The Morgan fingerprint density at radius 3 is 2.58 bits per heavy atom. The van der Waals surface area contributed by atoms with E-state index in [0.717, 1.165) is 29.4 Å². The molecular formula is C27H34N4O4S. The molecule has 1 aromatic heterocycles. The third-order valence-electron chi connectivity index (χ3n) is 6.66. The van der Waals surface area contributed by atoms with Crippen LogP contribution in [0.15, 0.2) is 65.7 Å². The van der Waals surface area contributed by atoms with Crippen LogP contribution < -0.4 is 14.8 Å². The number of pyridine rings is 1. The number of amides is 1. The Hall–Kier alpha value is -3.17. The zero-order chi connectivity index (χ0) is 25.5. The second-order valence-corrected chi connectivity index (χ2v) is 11.1. The van der Waals surface area contributed by atoms with Crippen LogP contribution in [0, 0.1) is 5.92 Å². The first-order valence-electron chi connectivity index (χ1n) is 12.4. The molecule has 9 heteroatoms. The number of rotatable bonds is 10. The second-order valence-electron chi connectivity index (χ2n) is 9.34. The fraction of sp³-hybridized carbons (Fsp3) is 0.407. The maximum absolute atomic E-state index is 13.4. The summed E-state index contributed by atoms with van der Waals surface area (Å²) in [5, 5.41) is 4.89. The van der Waals surface area contributed by atoms with Crippen molar-refractivity contribution in [2.24, 2.45) is 5.92 Å². The lowest BCUT2D eigenvalue weighted by molar-refractivity contribution is -0.134. The van der Waals surface area contributed by atoms with Gasteiger partial charge in [0.2, 0.25) is 15.9 Å². The summed E-state index contributed by atoms with van der Waals surface area (Å²) in [5.41, 5.74) is 0. The number of piperidine rings is 1. The van der Waals surface area contributed by atoms with Gasteiger partial charge in [0.25, 0.3) is 0 Å². The van der Waals surface area contributed by atoms with E-state index in [1.54, 1.807) is 42.5 Å². The van der Waals surface area contributed by atoms with Crippen LogP contribution in [0.4, 0.5) is 5.82 Å². The molecule has 8 nitrogen and oxygen atoms in total. The van der Waals surface area contributed by atoms with Gasteiger partial charge in [-0.15, -0.1) is 0 Å². The van der Waals surface area contributed by atoms with Crippen LogP contribution in [0.2, 0.25) is 0 Å². The molecule has 4 rings (SSSR count). The summed E-state index contributed by atoms with van der Waals surface area (Å²) in [6.45, 7) is 4.07. The molecule has 0 spiro atoms. The summed E-state index contributed by atoms with van der Waals surface area (Å²) < 4.78 is 34.7. The molecular weight excluding hydrogens is 476 g/mol. The van der Waals surface area contributed by atoms with Crippen molar-refractivity contribution in [3.63, 3.8) is 0 Å². The van der Waals surface area contributed by atoms with Gasteiger partial charge in [-0.2, -0.15) is 4.72 Å². The monoisotopic (exact) mass is 510 g/mol. The van der Waals surface area contributed by atoms with Crippen LogP contribution in [0.3, 0.4) is 0 Å². The number of carbonyl (C=O) groups is 1. The van der Waals surface area contributed by atoms with Crippen LogP contribution in [0.25, 0.3) is 10.8 Å². The number of hydrogen-bond donors (Lipinski definition) is 2. The van der Waals surface area contributed by atoms with Crippen LogP contribution in [0.5, 0.6) is 5.75 Å². The average Bonchev–Trinajstić information content (AvgIpc) is 2.90. The molecule has 1 aliphatic rings. The van der Waals surface area contributed by atoms with Crippen LogP contribution in [-0.2, 0) is 14.8 Å². The SMILES string of the molecule is COc1ccc2cc(S(=O)(=O)N[C@@H](CCCNc3ccccn3)C(=O)N3CCC(C)CC3)ccc2c1. The molecule has 192 valence electrons. The lowest BCUT2D eigenvalue weighted by Crippen LogP contribution is -2.50. The van der Waals surface area contributed by atoms with Gasteiger partial charge in [-0.3, -0.25) is 4.79 Å². The van der Waals surface area contributed by atoms with Gasteiger partial charge in [-0.05, 0) is 78.8 Å². The Labute approximate surface area is 213 Å². The summed E-state index contributed by atoms with van der Waals surface area (Å²) in [4.78, 5) is 19.6. The number of benzene rings is 2. The maximum atomic E-state index is 13.4. The number of nitrogens with one attached hydrogen (secondary N) is 2. The molecule has 36 heavy (non-hydrogen) atoms. The van der Waals surface area contributed by atoms with E-state index < -0.39 is 16.1 Å². The summed E-state index contributed by atoms with van der Waals surface area (Å²) in [6, 6.07) is 15.2. The first kappa shape index (κ1) is 25.9. The van der Waals surface area contributed by atoms with Gasteiger partial charge < -0.3 is 15.0 Å². The van der Waals surface area contributed by atoms with Crippen molar-refractivity contribution < 1.29 is 17.9 Å². The van der Waals surface area contributed by atoms with Crippen molar-refractivity contribution in [2.45, 2.75) is 43.5 Å². The average molecular weight is 511 g/mol. The molecule has 1 fully saturated rings. The molecule has 3 aromatic rings. The van der Waals surface area contributed by atoms with E-state index in [4.69, 9.17) is 4.74 Å². The number of methoxy groups -OCH3 is 1. The fourth-order valence-electron chi connectivity index (χ4n) is 4.42. The summed E-state index contributed by atoms with van der Waals surface area (Å²) in [5.74, 6) is 1.87. The van der Waals surface area contributed by atoms with E-state index in [1.807, 2.05) is 30.3 Å². The van der Waals surface area contributed by atoms with Gasteiger partial charge in [0, 0.05) is 25.8 Å². The summed E-state index contributed by atoms with van der Waals surface area (Å²) >= 11 is 0. The Balaban J connectivity index is 1.49. The first-order chi connectivity index (χ1) is 17.4. The van der Waals surface area contributed by atoms with E-state index in [1.165, 1.54) is 0 Å². The smallest absolute Gasteiger partial charge is 0.241 e. The molecule has 0 unspecified atom stereocenters. The lowest BCUT2D eigenvalue weighted by Gasteiger charge is -2.33. The minimum Gasteiger partial charge on any atom is -0.497 e. The number of fused-ring (bicyclic) bond motifs is 1.